The number of thioether (sulfide) groups is 1. The van der Waals surface area contributed by atoms with Crippen molar-refractivity contribution >= 4 is 61.4 Å². The molecule has 5 heterocycles. The van der Waals surface area contributed by atoms with E-state index < -0.39 is 40.1 Å². The summed E-state index contributed by atoms with van der Waals surface area (Å²) in [5, 5.41) is 27.8. The summed E-state index contributed by atoms with van der Waals surface area (Å²) in [5.41, 5.74) is 0.785. The Kier molecular flexibility index (Phi) is 7.82. The Labute approximate surface area is 243 Å². The van der Waals surface area contributed by atoms with E-state index in [1.165, 1.54) is 34.9 Å². The number of rotatable bonds is 11. The Bertz CT molecular complexity index is 1710. The van der Waals surface area contributed by atoms with Crippen LogP contribution < -0.4 is 19.5 Å². The van der Waals surface area contributed by atoms with Crippen LogP contribution in [0.4, 0.5) is 0 Å². The van der Waals surface area contributed by atoms with E-state index in [1.807, 2.05) is 13.2 Å². The van der Waals surface area contributed by atoms with Gasteiger partial charge in [-0.2, -0.15) is 8.42 Å². The molecule has 1 amide bonds. The van der Waals surface area contributed by atoms with Gasteiger partial charge in [0.15, 0.2) is 17.6 Å². The number of carboxylic acids is 1. The fourth-order valence-corrected chi connectivity index (χ4v) is 7.81. The van der Waals surface area contributed by atoms with Crippen LogP contribution in [0.15, 0.2) is 41.6 Å². The third kappa shape index (κ3) is 5.19. The van der Waals surface area contributed by atoms with Gasteiger partial charge in [-0.3, -0.25) is 14.0 Å². The molecule has 0 spiro atoms. The topological polar surface area (TPSA) is 191 Å². The summed E-state index contributed by atoms with van der Waals surface area (Å²) >= 11 is 2.53. The number of nitrogens with one attached hydrogen (secondary N) is 1. The molecule has 16 heteroatoms. The van der Waals surface area contributed by atoms with Crippen LogP contribution in [0.1, 0.15) is 41.2 Å². The summed E-state index contributed by atoms with van der Waals surface area (Å²) in [5.74, 6) is -3.35. The molecule has 13 nitrogen and oxygen atoms in total. The molecule has 0 aromatic carbocycles. The molecule has 41 heavy (non-hydrogen) atoms. The lowest BCUT2D eigenvalue weighted by Gasteiger charge is -2.47. The standard InChI is InChI=1S/C25H28N6O7S3/c1-12-16(20(24(35)36)31-19(12)17(13(2)32)22(31)34)15-11-30-23(40-15)18(28-25(30)39-3)21(33)14-6-4-8-29(10-14)9-5-7-27-41(26,37)38/h4,6,8,10-13,17,19,27,32H,5,7,9H2,1-3H3,(H2-,26,35,36,37,38)/t12-,13+,17+,19+/m0/s1. The van der Waals surface area contributed by atoms with Crippen molar-refractivity contribution in [3.05, 3.63) is 52.6 Å². The number of nitrogens with zero attached hydrogens (tertiary/aromatic N) is 4. The number of pyridine rings is 1. The number of fused-ring (bicyclic) bond motifs is 2. The van der Waals surface area contributed by atoms with Crippen molar-refractivity contribution in [1.29, 1.82) is 0 Å². The van der Waals surface area contributed by atoms with Gasteiger partial charge in [-0.05, 0) is 19.2 Å². The molecule has 3 aromatic heterocycles. The Hall–Kier alpha value is -3.15. The minimum absolute atomic E-state index is 0.144. The van der Waals surface area contributed by atoms with Gasteiger partial charge in [0.05, 0.1) is 40.2 Å². The lowest BCUT2D eigenvalue weighted by Crippen LogP contribution is -2.64. The average Bonchev–Trinajstić information content (AvgIpc) is 3.54. The normalized spacial score (nSPS) is 21.3. The van der Waals surface area contributed by atoms with Crippen LogP contribution in [0.5, 0.6) is 0 Å². The lowest BCUT2D eigenvalue weighted by molar-refractivity contribution is -0.697. The highest BCUT2D eigenvalue weighted by atomic mass is 32.2. The van der Waals surface area contributed by atoms with Crippen molar-refractivity contribution < 1.29 is 37.6 Å². The van der Waals surface area contributed by atoms with E-state index in [2.05, 4.69) is 9.71 Å². The van der Waals surface area contributed by atoms with E-state index in [9.17, 15) is 33.0 Å². The highest BCUT2D eigenvalue weighted by molar-refractivity contribution is 7.98. The number of imidazole rings is 1. The van der Waals surface area contributed by atoms with E-state index in [0.717, 1.165) is 0 Å². The molecule has 0 aliphatic carbocycles. The predicted octanol–water partition coefficient (Wildman–Crippen LogP) is -0.862. The number of aromatic nitrogens is 3. The second-order valence-electron chi connectivity index (χ2n) is 9.97. The molecular formula is C25H28N6O7S3. The number of hydrogen-bond donors (Lipinski definition) is 3. The average molecular weight is 621 g/mol. The van der Waals surface area contributed by atoms with Crippen LogP contribution >= 0.6 is 23.1 Å². The molecule has 3 aromatic rings. The monoisotopic (exact) mass is 620 g/mol. The number of aliphatic hydroxyl groups is 1. The maximum absolute atomic E-state index is 13.6. The van der Waals surface area contributed by atoms with Crippen LogP contribution in [0, 0.1) is 11.8 Å². The summed E-state index contributed by atoms with van der Waals surface area (Å²) in [7, 11) is -3.78. The number of β-lactam (4-membered cyclic amide) rings is 1. The number of aliphatic carboxylic acids is 1. The highest BCUT2D eigenvalue weighted by Gasteiger charge is 2.59. The first-order chi connectivity index (χ1) is 19.3. The van der Waals surface area contributed by atoms with E-state index in [0.29, 0.717) is 39.0 Å². The van der Waals surface area contributed by atoms with Gasteiger partial charge in [-0.25, -0.2) is 19.4 Å². The predicted molar refractivity (Wildman–Crippen MR) is 148 cm³/mol. The number of carbonyl (C=O) groups excluding carboxylic acids is 3. The fourth-order valence-electron chi connectivity index (χ4n) is 5.57. The number of thiazole rings is 1. The first-order valence-electron chi connectivity index (χ1n) is 12.7. The Morgan fingerprint density at radius 3 is 2.76 bits per heavy atom. The maximum atomic E-state index is 13.6. The van der Waals surface area contributed by atoms with Gasteiger partial charge in [-0.15, -0.1) is 11.3 Å². The first-order valence-corrected chi connectivity index (χ1v) is 16.3. The van der Waals surface area contributed by atoms with Gasteiger partial charge >= 0.3 is 0 Å². The number of carbonyl (C=O) groups is 3. The molecule has 4 N–H and O–H groups in total. The molecule has 1 saturated heterocycles. The molecule has 0 unspecified atom stereocenters. The van der Waals surface area contributed by atoms with Gasteiger partial charge in [0.2, 0.25) is 11.7 Å². The number of carboxylic acid groups (broad SMARTS) is 1. The molecule has 0 saturated carbocycles. The van der Waals surface area contributed by atoms with Gasteiger partial charge in [0.25, 0.3) is 10.2 Å². The zero-order valence-corrected chi connectivity index (χ0v) is 24.8. The highest BCUT2D eigenvalue weighted by Crippen LogP contribution is 2.51. The molecule has 5 rings (SSSR count). The zero-order valence-electron chi connectivity index (χ0n) is 22.3. The molecule has 0 bridgehead atoms. The van der Waals surface area contributed by atoms with Crippen molar-refractivity contribution in [2.24, 2.45) is 17.0 Å². The number of hydrogen-bond acceptors (Lipinski definition) is 10. The fraction of sp³-hybridized carbons (Fsp3) is 0.400. The minimum Gasteiger partial charge on any atom is -0.543 e. The van der Waals surface area contributed by atoms with Crippen LogP contribution in [-0.4, -0.2) is 70.4 Å². The Morgan fingerprint density at radius 2 is 2.12 bits per heavy atom. The van der Waals surface area contributed by atoms with Crippen molar-refractivity contribution in [2.45, 2.75) is 44.1 Å². The molecule has 2 aliphatic heterocycles. The molecule has 1 fully saturated rings. The van der Waals surface area contributed by atoms with Crippen molar-refractivity contribution in [3.8, 4) is 0 Å². The van der Waals surface area contributed by atoms with Crippen LogP contribution in [0.2, 0.25) is 0 Å². The van der Waals surface area contributed by atoms with Gasteiger partial charge in [0.1, 0.15) is 17.1 Å². The van der Waals surface area contributed by atoms with Crippen LogP contribution in [-0.2, 0) is 26.3 Å². The third-order valence-electron chi connectivity index (χ3n) is 7.33. The lowest BCUT2D eigenvalue weighted by atomic mass is 9.77. The quantitative estimate of drug-likeness (QED) is 0.0805. The summed E-state index contributed by atoms with van der Waals surface area (Å²) in [6.45, 7) is 3.91. The van der Waals surface area contributed by atoms with Crippen LogP contribution in [0.3, 0.4) is 0 Å². The summed E-state index contributed by atoms with van der Waals surface area (Å²) in [6, 6.07) is 2.87. The summed E-state index contributed by atoms with van der Waals surface area (Å²) in [4.78, 5) is 45.5. The first kappa shape index (κ1) is 29.3. The number of amides is 1. The summed E-state index contributed by atoms with van der Waals surface area (Å²) < 4.78 is 27.9. The van der Waals surface area contributed by atoms with Crippen LogP contribution in [0.25, 0.3) is 10.4 Å². The van der Waals surface area contributed by atoms with E-state index in [1.54, 1.807) is 39.7 Å². The second kappa shape index (κ2) is 10.9. The second-order valence-corrected chi connectivity index (χ2v) is 13.2. The van der Waals surface area contributed by atoms with E-state index in [4.69, 9.17) is 5.14 Å². The van der Waals surface area contributed by atoms with Crippen molar-refractivity contribution in [1.82, 2.24) is 19.0 Å². The number of aryl methyl sites for hydroxylation is 1. The number of aliphatic hydroxyl groups excluding tert-OH is 1. The number of nitrogens with two attached hydrogens (primary N) is 1. The van der Waals surface area contributed by atoms with E-state index in [-0.39, 0.29) is 29.6 Å². The Morgan fingerprint density at radius 1 is 1.39 bits per heavy atom. The summed E-state index contributed by atoms with van der Waals surface area (Å²) in [6.07, 6.45) is 6.47. The molecule has 2 aliphatic rings. The molecular weight excluding hydrogens is 593 g/mol. The third-order valence-corrected chi connectivity index (χ3v) is 9.72. The largest absolute Gasteiger partial charge is 0.543 e. The van der Waals surface area contributed by atoms with Crippen molar-refractivity contribution in [3.63, 3.8) is 0 Å². The van der Waals surface area contributed by atoms with Crippen molar-refractivity contribution in [2.75, 3.05) is 12.8 Å². The molecule has 0 radical (unpaired) electrons. The van der Waals surface area contributed by atoms with Gasteiger partial charge < -0.3 is 19.9 Å². The zero-order chi connectivity index (χ0) is 29.8. The van der Waals surface area contributed by atoms with Gasteiger partial charge in [0, 0.05) is 36.7 Å². The molecule has 218 valence electrons. The van der Waals surface area contributed by atoms with E-state index >= 15 is 0 Å². The smallest absolute Gasteiger partial charge is 0.274 e. The SMILES string of the molecule is CSc1nc(C(=O)c2ccc[n+](CCCNS(N)(=O)=O)c2)c2sc(C3=C(C(=O)[O-])N4C(=O)[C@H]([C@@H](C)O)[C@H]4[C@H]3C)cn12. The minimum atomic E-state index is -3.78. The Balaban J connectivity index is 1.49. The maximum Gasteiger partial charge on any atom is 0.274 e. The molecule has 4 atom stereocenters. The number of ketones is 1. The van der Waals surface area contributed by atoms with Gasteiger partial charge in [-0.1, -0.05) is 18.7 Å².